The number of benzene rings is 1. The van der Waals surface area contributed by atoms with Crippen LogP contribution in [0, 0.1) is 22.0 Å². The third-order valence-corrected chi connectivity index (χ3v) is 11.3. The van der Waals surface area contributed by atoms with Crippen molar-refractivity contribution < 1.29 is 52.5 Å². The van der Waals surface area contributed by atoms with Gasteiger partial charge in [-0.05, 0) is 64.0 Å². The zero-order valence-corrected chi connectivity index (χ0v) is 32.7. The Labute approximate surface area is 327 Å². The van der Waals surface area contributed by atoms with Crippen LogP contribution in [-0.2, 0) is 54.0 Å². The third-order valence-electron chi connectivity index (χ3n) is 11.1. The molecule has 1 unspecified atom stereocenters. The highest BCUT2D eigenvalue weighted by molar-refractivity contribution is 6.30. The molecule has 0 N–H and O–H groups in total. The van der Waals surface area contributed by atoms with Crippen molar-refractivity contribution in [1.82, 2.24) is 14.8 Å². The van der Waals surface area contributed by atoms with E-state index in [-0.39, 0.29) is 30.7 Å². The maximum absolute atomic E-state index is 13.9. The minimum atomic E-state index is -2.40. The molecule has 302 valence electrons. The second-order valence-corrected chi connectivity index (χ2v) is 15.5. The normalized spacial score (nSPS) is 26.8. The number of pyridine rings is 1. The van der Waals surface area contributed by atoms with Crippen molar-refractivity contribution >= 4 is 51.9 Å². The molecule has 1 aliphatic carbocycles. The van der Waals surface area contributed by atoms with E-state index in [0.717, 1.165) is 24.2 Å². The van der Waals surface area contributed by atoms with Gasteiger partial charge in [0.1, 0.15) is 11.3 Å². The van der Waals surface area contributed by atoms with Gasteiger partial charge in [-0.1, -0.05) is 30.2 Å². The van der Waals surface area contributed by atoms with Gasteiger partial charge in [0.15, 0.2) is 29.4 Å². The number of ether oxygens (including phenoxy) is 7. The molecule has 17 nitrogen and oxygen atoms in total. The van der Waals surface area contributed by atoms with Crippen LogP contribution < -0.4 is 4.90 Å². The number of nitro groups is 1. The molecule has 56 heavy (non-hydrogen) atoms. The number of halogens is 1. The molecule has 1 spiro atoms. The van der Waals surface area contributed by atoms with Crippen LogP contribution >= 0.6 is 11.6 Å². The molecule has 7 rings (SSSR count). The van der Waals surface area contributed by atoms with E-state index >= 15 is 0 Å². The van der Waals surface area contributed by atoms with Crippen LogP contribution in [0.5, 0.6) is 0 Å². The number of nitrogens with zero attached hydrogens (tertiary/aromatic N) is 5. The molecule has 1 saturated carbocycles. The number of esters is 3. The molecule has 6 atom stereocenters. The molecule has 3 aromatic rings. The van der Waals surface area contributed by atoms with Gasteiger partial charge in [-0.2, -0.15) is 5.10 Å². The number of aromatic nitrogens is 3. The quantitative estimate of drug-likeness (QED) is 0.0576. The van der Waals surface area contributed by atoms with Gasteiger partial charge >= 0.3 is 17.9 Å². The Kier molecular flexibility index (Phi) is 11.0. The predicted octanol–water partition coefficient (Wildman–Crippen LogP) is 4.70. The molecule has 2 aromatic heterocycles. The van der Waals surface area contributed by atoms with Crippen molar-refractivity contribution in [3.8, 4) is 0 Å². The number of carbonyl (C=O) groups is 3. The molecule has 1 aromatic carbocycles. The van der Waals surface area contributed by atoms with Gasteiger partial charge in [0.25, 0.3) is 11.3 Å². The zero-order chi connectivity index (χ0) is 40.0. The van der Waals surface area contributed by atoms with Crippen molar-refractivity contribution in [2.45, 2.75) is 95.7 Å². The average Bonchev–Trinajstić information content (AvgIpc) is 3.96. The molecule has 5 heterocycles. The summed E-state index contributed by atoms with van der Waals surface area (Å²) in [7, 11) is 0. The Morgan fingerprint density at radius 2 is 1.73 bits per heavy atom. The lowest BCUT2D eigenvalue weighted by molar-refractivity contribution is -0.384. The third kappa shape index (κ3) is 7.30. The van der Waals surface area contributed by atoms with Crippen molar-refractivity contribution in [2.24, 2.45) is 11.8 Å². The van der Waals surface area contributed by atoms with E-state index in [1.54, 1.807) is 33.9 Å². The van der Waals surface area contributed by atoms with E-state index < -0.39 is 71.3 Å². The molecule has 0 radical (unpaired) electrons. The maximum atomic E-state index is 13.9. The van der Waals surface area contributed by atoms with E-state index in [0.29, 0.717) is 23.0 Å². The van der Waals surface area contributed by atoms with Gasteiger partial charge in [-0.15, -0.1) is 0 Å². The number of nitro benzene ring substituents is 1. The molecular formula is C38H46ClN5O12. The zero-order valence-electron chi connectivity index (χ0n) is 31.9. The Bertz CT molecular complexity index is 1960. The highest BCUT2D eigenvalue weighted by atomic mass is 35.5. The Morgan fingerprint density at radius 1 is 1.07 bits per heavy atom. The Balaban J connectivity index is 1.28. The summed E-state index contributed by atoms with van der Waals surface area (Å²) in [5.41, 5.74) is -2.53. The Hall–Kier alpha value is -4.42. The number of hydrogen-bond donors (Lipinski definition) is 0. The van der Waals surface area contributed by atoms with E-state index in [2.05, 4.69) is 9.88 Å². The molecule has 0 amide bonds. The number of carbonyl (C=O) groups excluding carboxylic acids is 3. The maximum Gasteiger partial charge on any atom is 0.350 e. The first kappa shape index (κ1) is 39.8. The summed E-state index contributed by atoms with van der Waals surface area (Å²) in [6.07, 6.45) is 1.33. The van der Waals surface area contributed by atoms with Crippen molar-refractivity contribution in [1.29, 1.82) is 0 Å². The van der Waals surface area contributed by atoms with Gasteiger partial charge in [-0.3, -0.25) is 14.9 Å². The van der Waals surface area contributed by atoms with E-state index in [9.17, 15) is 24.5 Å². The number of fused-ring (bicyclic) bond motifs is 2. The second-order valence-electron chi connectivity index (χ2n) is 15.1. The molecule has 3 aliphatic heterocycles. The smallest absolute Gasteiger partial charge is 0.350 e. The first-order chi connectivity index (χ1) is 26.7. The van der Waals surface area contributed by atoms with Crippen molar-refractivity contribution in [3.63, 3.8) is 0 Å². The van der Waals surface area contributed by atoms with Crippen molar-refractivity contribution in [3.05, 3.63) is 57.4 Å². The first-order valence-electron chi connectivity index (χ1n) is 18.9. The van der Waals surface area contributed by atoms with E-state index in [1.807, 2.05) is 6.07 Å². The molecule has 4 fully saturated rings. The molecular weight excluding hydrogens is 754 g/mol. The standard InChI is InChI=1S/C38H46ClN5O12/c1-6-50-34(46)37(35(47)51-7-2,16-23-11-13-26(14-12-23)44(48)49)52-20-29-38(21-53-36(4,5)56-38)31(54-22(3)45)33(55-29)43-32-27(17-40-43)28(15-30(39)41-32)42-18-24-9-8-10-25(24)19-42/h11-15,17,24-25,29,31,33H,6-10,16,18-21H2,1-5H3/t24-,25+,29-,31+,33-,38?/m1/s1. The fraction of sp³-hybridized carbons (Fsp3) is 0.605. The van der Waals surface area contributed by atoms with Crippen LogP contribution in [0.4, 0.5) is 11.4 Å². The fourth-order valence-corrected chi connectivity index (χ4v) is 8.75. The van der Waals surface area contributed by atoms with Crippen LogP contribution in [-0.4, -0.2) is 106 Å². The second kappa shape index (κ2) is 15.5. The minimum absolute atomic E-state index is 0.0993. The largest absolute Gasteiger partial charge is 0.463 e. The summed E-state index contributed by atoms with van der Waals surface area (Å²) in [5, 5.41) is 17.0. The van der Waals surface area contributed by atoms with Gasteiger partial charge in [-0.25, -0.2) is 19.3 Å². The average molecular weight is 800 g/mol. The summed E-state index contributed by atoms with van der Waals surface area (Å²) in [6, 6.07) is 7.16. The lowest BCUT2D eigenvalue weighted by atomic mass is 9.91. The van der Waals surface area contributed by atoms with Gasteiger partial charge in [0.05, 0.1) is 48.6 Å². The molecule has 4 aliphatic rings. The van der Waals surface area contributed by atoms with Crippen LogP contribution in [0.3, 0.4) is 0 Å². The summed E-state index contributed by atoms with van der Waals surface area (Å²) in [6.45, 7) is 8.72. The highest BCUT2D eigenvalue weighted by Crippen LogP contribution is 2.50. The van der Waals surface area contributed by atoms with Crippen LogP contribution in [0.2, 0.25) is 5.15 Å². The van der Waals surface area contributed by atoms with Crippen LogP contribution in [0.25, 0.3) is 11.0 Å². The fourth-order valence-electron chi connectivity index (χ4n) is 8.57. The lowest BCUT2D eigenvalue weighted by Gasteiger charge is -2.35. The van der Waals surface area contributed by atoms with Gasteiger partial charge in [0, 0.05) is 38.6 Å². The predicted molar refractivity (Wildman–Crippen MR) is 198 cm³/mol. The monoisotopic (exact) mass is 799 g/mol. The number of non-ortho nitro benzene ring substituents is 1. The van der Waals surface area contributed by atoms with E-state index in [1.165, 1.54) is 55.1 Å². The molecule has 3 saturated heterocycles. The number of hydrogen-bond acceptors (Lipinski definition) is 15. The highest BCUT2D eigenvalue weighted by Gasteiger charge is 2.67. The van der Waals surface area contributed by atoms with Gasteiger partial charge in [0.2, 0.25) is 0 Å². The molecule has 18 heteroatoms. The van der Waals surface area contributed by atoms with E-state index in [4.69, 9.17) is 49.9 Å². The molecule has 0 bridgehead atoms. The number of anilines is 1. The Morgan fingerprint density at radius 3 is 2.30 bits per heavy atom. The summed E-state index contributed by atoms with van der Waals surface area (Å²) < 4.78 is 44.0. The summed E-state index contributed by atoms with van der Waals surface area (Å²) in [5.74, 6) is -2.71. The number of rotatable bonds is 13. The topological polar surface area (TPSA) is 193 Å². The van der Waals surface area contributed by atoms with Crippen molar-refractivity contribution in [2.75, 3.05) is 44.4 Å². The minimum Gasteiger partial charge on any atom is -0.463 e. The van der Waals surface area contributed by atoms with Gasteiger partial charge < -0.3 is 38.1 Å². The lowest BCUT2D eigenvalue weighted by Crippen LogP contribution is -2.58. The summed E-state index contributed by atoms with van der Waals surface area (Å²) >= 11 is 6.68. The van der Waals surface area contributed by atoms with Crippen LogP contribution in [0.1, 0.15) is 65.7 Å². The van der Waals surface area contributed by atoms with Crippen LogP contribution in [0.15, 0.2) is 36.5 Å². The SMILES string of the molecule is CCOC(=O)C(Cc1ccc([N+](=O)[O-])cc1)(OC[C@H]1O[C@@H](n2ncc3c(N4C[C@H]5CCC[C@H]5C4)cc(Cl)nc32)[C@H](OC(C)=O)C12COC(C)(C)O2)C(=O)OCC. The first-order valence-corrected chi connectivity index (χ1v) is 19.2. The summed E-state index contributed by atoms with van der Waals surface area (Å²) in [4.78, 5) is 58.3.